The molecule has 2 amide bonds. The summed E-state index contributed by atoms with van der Waals surface area (Å²) in [5.41, 5.74) is 0. The van der Waals surface area contributed by atoms with E-state index in [-0.39, 0.29) is 18.5 Å². The summed E-state index contributed by atoms with van der Waals surface area (Å²) in [6.45, 7) is 2.67. The SMILES string of the molecule is CN(CC1CCOCC1)C(=O)NCC(c1ccco1)N(C)C.O=CO. The molecular formula is C17H29N3O5. The van der Waals surface area contributed by atoms with E-state index in [2.05, 4.69) is 5.32 Å². The highest BCUT2D eigenvalue weighted by Gasteiger charge is 2.21. The number of furan rings is 1. The van der Waals surface area contributed by atoms with Gasteiger partial charge in [-0.3, -0.25) is 9.69 Å². The Bertz CT molecular complexity index is 486. The molecule has 8 heteroatoms. The third-order valence-electron chi connectivity index (χ3n) is 4.16. The Kier molecular flexibility index (Phi) is 9.64. The van der Waals surface area contributed by atoms with Crippen LogP contribution in [0.1, 0.15) is 24.6 Å². The molecule has 2 heterocycles. The number of amides is 2. The Labute approximate surface area is 148 Å². The van der Waals surface area contributed by atoms with Crippen molar-refractivity contribution in [1.82, 2.24) is 15.1 Å². The van der Waals surface area contributed by atoms with Crippen molar-refractivity contribution in [3.8, 4) is 0 Å². The number of hydrogen-bond donors (Lipinski definition) is 2. The van der Waals surface area contributed by atoms with Crippen LogP contribution in [-0.2, 0) is 9.53 Å². The van der Waals surface area contributed by atoms with Gasteiger partial charge in [-0.2, -0.15) is 0 Å². The number of rotatable bonds is 6. The van der Waals surface area contributed by atoms with Gasteiger partial charge in [0.2, 0.25) is 0 Å². The third kappa shape index (κ3) is 7.57. The maximum atomic E-state index is 12.2. The van der Waals surface area contributed by atoms with Crippen molar-refractivity contribution in [1.29, 1.82) is 0 Å². The van der Waals surface area contributed by atoms with E-state index >= 15 is 0 Å². The first kappa shape index (κ1) is 21.0. The van der Waals surface area contributed by atoms with E-state index in [0.29, 0.717) is 12.5 Å². The van der Waals surface area contributed by atoms with Crippen LogP contribution in [0.25, 0.3) is 0 Å². The predicted octanol–water partition coefficient (Wildman–Crippen LogP) is 1.65. The monoisotopic (exact) mass is 355 g/mol. The number of nitrogens with zero attached hydrogens (tertiary/aromatic N) is 2. The van der Waals surface area contributed by atoms with Crippen LogP contribution >= 0.6 is 0 Å². The van der Waals surface area contributed by atoms with Gasteiger partial charge in [-0.15, -0.1) is 0 Å². The van der Waals surface area contributed by atoms with Gasteiger partial charge < -0.3 is 24.5 Å². The molecule has 1 atom stereocenters. The standard InChI is InChI=1S/C16H27N3O3.CH2O2/c1-18(2)14(15-5-4-8-22-15)11-17-16(20)19(3)12-13-6-9-21-10-7-13;2-1-3/h4-5,8,13-14H,6-7,9-12H2,1-3H3,(H,17,20);1H,(H,2,3). The zero-order valence-electron chi connectivity index (χ0n) is 15.2. The van der Waals surface area contributed by atoms with Gasteiger partial charge in [0, 0.05) is 33.4 Å². The molecule has 0 radical (unpaired) electrons. The Morgan fingerprint density at radius 1 is 1.40 bits per heavy atom. The van der Waals surface area contributed by atoms with Crippen LogP contribution in [-0.4, -0.2) is 74.9 Å². The molecule has 142 valence electrons. The van der Waals surface area contributed by atoms with Gasteiger partial charge >= 0.3 is 6.03 Å². The summed E-state index contributed by atoms with van der Waals surface area (Å²) < 4.78 is 10.8. The fourth-order valence-corrected chi connectivity index (χ4v) is 2.74. The highest BCUT2D eigenvalue weighted by Crippen LogP contribution is 2.18. The second-order valence-corrected chi connectivity index (χ2v) is 6.22. The second-order valence-electron chi connectivity index (χ2n) is 6.22. The molecule has 0 aromatic carbocycles. The molecule has 1 saturated heterocycles. The van der Waals surface area contributed by atoms with Gasteiger partial charge in [-0.05, 0) is 45.0 Å². The Morgan fingerprint density at radius 3 is 2.56 bits per heavy atom. The highest BCUT2D eigenvalue weighted by atomic mass is 16.5. The van der Waals surface area contributed by atoms with E-state index in [4.69, 9.17) is 19.1 Å². The number of carbonyl (C=O) groups excluding carboxylic acids is 1. The van der Waals surface area contributed by atoms with Crippen molar-refractivity contribution in [2.45, 2.75) is 18.9 Å². The van der Waals surface area contributed by atoms with Gasteiger partial charge in [-0.25, -0.2) is 4.79 Å². The van der Waals surface area contributed by atoms with Crippen LogP contribution in [0.4, 0.5) is 4.79 Å². The molecule has 1 fully saturated rings. The average molecular weight is 355 g/mol. The number of nitrogens with one attached hydrogen (secondary N) is 1. The summed E-state index contributed by atoms with van der Waals surface area (Å²) in [6, 6.07) is 3.80. The lowest BCUT2D eigenvalue weighted by Gasteiger charge is -2.28. The molecule has 1 unspecified atom stereocenters. The normalized spacial score (nSPS) is 15.8. The van der Waals surface area contributed by atoms with Crippen molar-refractivity contribution >= 4 is 12.5 Å². The van der Waals surface area contributed by atoms with E-state index in [0.717, 1.165) is 38.4 Å². The first-order chi connectivity index (χ1) is 12.0. The van der Waals surface area contributed by atoms with Gasteiger partial charge in [0.1, 0.15) is 5.76 Å². The minimum absolute atomic E-state index is 0.0371. The molecule has 1 aliphatic rings. The molecule has 0 aliphatic carbocycles. The largest absolute Gasteiger partial charge is 0.483 e. The molecule has 1 aromatic rings. The predicted molar refractivity (Wildman–Crippen MR) is 93.4 cm³/mol. The number of hydrogen-bond acceptors (Lipinski definition) is 5. The fraction of sp³-hybridized carbons (Fsp3) is 0.647. The lowest BCUT2D eigenvalue weighted by atomic mass is 10.00. The lowest BCUT2D eigenvalue weighted by Crippen LogP contribution is -2.43. The average Bonchev–Trinajstić information content (AvgIpc) is 3.10. The first-order valence-corrected chi connectivity index (χ1v) is 8.34. The number of ether oxygens (including phenoxy) is 1. The third-order valence-corrected chi connectivity index (χ3v) is 4.16. The highest BCUT2D eigenvalue weighted by molar-refractivity contribution is 5.73. The second kappa shape index (κ2) is 11.5. The quantitative estimate of drug-likeness (QED) is 0.754. The number of carbonyl (C=O) groups is 2. The Morgan fingerprint density at radius 2 is 2.04 bits per heavy atom. The Balaban J connectivity index is 0.000000970. The van der Waals surface area contributed by atoms with E-state index < -0.39 is 0 Å². The molecule has 1 aromatic heterocycles. The first-order valence-electron chi connectivity index (χ1n) is 8.34. The van der Waals surface area contributed by atoms with E-state index in [1.54, 1.807) is 11.2 Å². The summed E-state index contributed by atoms with van der Waals surface area (Å²) >= 11 is 0. The van der Waals surface area contributed by atoms with Crippen LogP contribution in [0.5, 0.6) is 0 Å². The summed E-state index contributed by atoms with van der Waals surface area (Å²) in [5.74, 6) is 1.40. The molecule has 2 N–H and O–H groups in total. The van der Waals surface area contributed by atoms with Crippen molar-refractivity contribution in [2.75, 3.05) is 47.4 Å². The molecule has 0 bridgehead atoms. The van der Waals surface area contributed by atoms with E-state index in [1.165, 1.54) is 0 Å². The van der Waals surface area contributed by atoms with Crippen molar-refractivity contribution in [3.63, 3.8) is 0 Å². The number of urea groups is 1. The van der Waals surface area contributed by atoms with Gasteiger partial charge in [0.15, 0.2) is 0 Å². The van der Waals surface area contributed by atoms with Crippen molar-refractivity contribution in [2.24, 2.45) is 5.92 Å². The fourth-order valence-electron chi connectivity index (χ4n) is 2.74. The minimum atomic E-state index is -0.250. The maximum absolute atomic E-state index is 12.2. The maximum Gasteiger partial charge on any atom is 0.317 e. The molecule has 8 nitrogen and oxygen atoms in total. The summed E-state index contributed by atoms with van der Waals surface area (Å²) in [4.78, 5) is 24.4. The molecule has 2 rings (SSSR count). The van der Waals surface area contributed by atoms with Gasteiger partial charge in [-0.1, -0.05) is 0 Å². The van der Waals surface area contributed by atoms with Crippen LogP contribution in [0.3, 0.4) is 0 Å². The van der Waals surface area contributed by atoms with Crippen LogP contribution in [0, 0.1) is 5.92 Å². The summed E-state index contributed by atoms with van der Waals surface area (Å²) in [7, 11) is 5.80. The van der Waals surface area contributed by atoms with E-state index in [1.807, 2.05) is 38.2 Å². The van der Waals surface area contributed by atoms with Crippen molar-refractivity contribution < 1.29 is 23.8 Å². The van der Waals surface area contributed by atoms with Gasteiger partial charge in [0.25, 0.3) is 6.47 Å². The van der Waals surface area contributed by atoms with Crippen LogP contribution in [0.15, 0.2) is 22.8 Å². The topological polar surface area (TPSA) is 95.3 Å². The van der Waals surface area contributed by atoms with E-state index in [9.17, 15) is 4.79 Å². The smallest absolute Gasteiger partial charge is 0.317 e. The summed E-state index contributed by atoms with van der Waals surface area (Å²) in [6.07, 6.45) is 3.72. The molecule has 1 aliphatic heterocycles. The number of likely N-dealkylation sites (N-methyl/N-ethyl adjacent to an activating group) is 1. The van der Waals surface area contributed by atoms with Crippen LogP contribution in [0.2, 0.25) is 0 Å². The molecule has 25 heavy (non-hydrogen) atoms. The van der Waals surface area contributed by atoms with Crippen molar-refractivity contribution in [3.05, 3.63) is 24.2 Å². The zero-order chi connectivity index (χ0) is 18.7. The zero-order valence-corrected chi connectivity index (χ0v) is 15.2. The number of carboxylic acid groups (broad SMARTS) is 1. The van der Waals surface area contributed by atoms with Crippen LogP contribution < -0.4 is 5.32 Å². The lowest BCUT2D eigenvalue weighted by molar-refractivity contribution is -0.122. The minimum Gasteiger partial charge on any atom is -0.483 e. The van der Waals surface area contributed by atoms with Gasteiger partial charge in [0.05, 0.1) is 12.3 Å². The molecular weight excluding hydrogens is 326 g/mol. The molecule has 0 saturated carbocycles. The summed E-state index contributed by atoms with van der Waals surface area (Å²) in [5, 5.41) is 9.88. The molecule has 0 spiro atoms. The Hall–Kier alpha value is -2.06.